The molecule has 7 nitrogen and oxygen atoms in total. The van der Waals surface area contributed by atoms with Gasteiger partial charge in [-0.25, -0.2) is 4.79 Å². The molecule has 4 bridgehead atoms. The van der Waals surface area contributed by atoms with Crippen LogP contribution in [0.3, 0.4) is 0 Å². The third-order valence-corrected chi connectivity index (χ3v) is 9.34. The first-order valence-electron chi connectivity index (χ1n) is 15.3. The van der Waals surface area contributed by atoms with Crippen LogP contribution in [0.2, 0.25) is 0 Å². The lowest BCUT2D eigenvalue weighted by molar-refractivity contribution is -0.137. The number of halogens is 3. The van der Waals surface area contributed by atoms with Crippen LogP contribution in [0.25, 0.3) is 0 Å². The van der Waals surface area contributed by atoms with Gasteiger partial charge in [0.15, 0.2) is 6.23 Å². The second kappa shape index (κ2) is 12.2. The highest BCUT2D eigenvalue weighted by Gasteiger charge is 2.51. The highest BCUT2D eigenvalue weighted by Crippen LogP contribution is 2.55. The van der Waals surface area contributed by atoms with Gasteiger partial charge in [0.1, 0.15) is 17.6 Å². The maximum atomic E-state index is 13.2. The summed E-state index contributed by atoms with van der Waals surface area (Å²) in [5.41, 5.74) is 0.779. The molecule has 0 radical (unpaired) electrons. The lowest BCUT2D eigenvalue weighted by atomic mass is 9.53. The molecule has 0 saturated heterocycles. The van der Waals surface area contributed by atoms with Gasteiger partial charge in [-0.1, -0.05) is 30.3 Å². The SMILES string of the molecule is O=C(NCCC(Oc1ccc(C(O)Nc2cccc(O)c2)cc1)c1ccc(C(F)(F)F)cc1)NC12CC3CC(CC(C3)C1)C2. The Morgan fingerprint density at radius 3 is 2.11 bits per heavy atom. The molecule has 4 fully saturated rings. The topological polar surface area (TPSA) is 103 Å². The van der Waals surface area contributed by atoms with Gasteiger partial charge in [0.2, 0.25) is 0 Å². The molecule has 0 aromatic heterocycles. The molecule has 2 amide bonds. The van der Waals surface area contributed by atoms with Gasteiger partial charge in [-0.2, -0.15) is 13.2 Å². The van der Waals surface area contributed by atoms with Crippen molar-refractivity contribution in [2.24, 2.45) is 17.8 Å². The van der Waals surface area contributed by atoms with Crippen molar-refractivity contribution in [1.82, 2.24) is 10.6 Å². The highest BCUT2D eigenvalue weighted by molar-refractivity contribution is 5.74. The molecule has 10 heteroatoms. The van der Waals surface area contributed by atoms with Crippen molar-refractivity contribution >= 4 is 11.7 Å². The molecular formula is C34H38F3N3O4. The lowest BCUT2D eigenvalue weighted by Gasteiger charge is -2.56. The van der Waals surface area contributed by atoms with Crippen LogP contribution in [-0.4, -0.2) is 28.3 Å². The number of anilines is 1. The van der Waals surface area contributed by atoms with E-state index in [4.69, 9.17) is 4.74 Å². The number of nitrogens with one attached hydrogen (secondary N) is 3. The largest absolute Gasteiger partial charge is 0.508 e. The summed E-state index contributed by atoms with van der Waals surface area (Å²) in [6.07, 6.45) is 1.17. The van der Waals surface area contributed by atoms with Crippen molar-refractivity contribution in [3.63, 3.8) is 0 Å². The van der Waals surface area contributed by atoms with Gasteiger partial charge in [0.25, 0.3) is 0 Å². The third kappa shape index (κ3) is 7.07. The van der Waals surface area contributed by atoms with E-state index in [0.717, 1.165) is 31.4 Å². The Bertz CT molecular complexity index is 1410. The zero-order valence-electron chi connectivity index (χ0n) is 24.3. The molecule has 5 N–H and O–H groups in total. The predicted molar refractivity (Wildman–Crippen MR) is 160 cm³/mol. The number of urea groups is 1. The maximum Gasteiger partial charge on any atom is 0.416 e. The predicted octanol–water partition coefficient (Wildman–Crippen LogP) is 7.29. The Hall–Kier alpha value is -3.92. The van der Waals surface area contributed by atoms with Crippen LogP contribution >= 0.6 is 0 Å². The molecule has 2 unspecified atom stereocenters. The molecule has 7 rings (SSSR count). The average Bonchev–Trinajstić information content (AvgIpc) is 2.95. The van der Waals surface area contributed by atoms with E-state index in [-0.39, 0.29) is 23.9 Å². The second-order valence-electron chi connectivity index (χ2n) is 12.8. The summed E-state index contributed by atoms with van der Waals surface area (Å²) in [5.74, 6) is 2.64. The van der Waals surface area contributed by atoms with Crippen LogP contribution in [0.5, 0.6) is 11.5 Å². The second-order valence-corrected chi connectivity index (χ2v) is 12.8. The summed E-state index contributed by atoms with van der Waals surface area (Å²) >= 11 is 0. The van der Waals surface area contributed by atoms with Crippen LogP contribution < -0.4 is 20.7 Å². The molecule has 2 atom stereocenters. The van der Waals surface area contributed by atoms with Gasteiger partial charge in [-0.05, 0) is 98.2 Å². The molecular weight excluding hydrogens is 571 g/mol. The number of hydrogen-bond donors (Lipinski definition) is 5. The quantitative estimate of drug-likeness (QED) is 0.155. The fourth-order valence-electron chi connectivity index (χ4n) is 7.78. The lowest BCUT2D eigenvalue weighted by Crippen LogP contribution is -2.61. The number of phenolic OH excluding ortho intramolecular Hbond substituents is 1. The van der Waals surface area contributed by atoms with Crippen molar-refractivity contribution in [2.75, 3.05) is 11.9 Å². The molecule has 44 heavy (non-hydrogen) atoms. The number of aliphatic hydroxyl groups excluding tert-OH is 1. The van der Waals surface area contributed by atoms with E-state index >= 15 is 0 Å². The number of ether oxygens (including phenoxy) is 1. The number of alkyl halides is 3. The molecule has 3 aromatic rings. The number of carbonyl (C=O) groups is 1. The Kier molecular flexibility index (Phi) is 8.37. The highest BCUT2D eigenvalue weighted by atomic mass is 19.4. The minimum Gasteiger partial charge on any atom is -0.508 e. The fourth-order valence-corrected chi connectivity index (χ4v) is 7.78. The van der Waals surface area contributed by atoms with E-state index in [2.05, 4.69) is 16.0 Å². The Morgan fingerprint density at radius 2 is 1.52 bits per heavy atom. The number of hydrogen-bond acceptors (Lipinski definition) is 5. The molecule has 3 aromatic carbocycles. The number of aliphatic hydroxyl groups is 1. The summed E-state index contributed by atoms with van der Waals surface area (Å²) in [5, 5.41) is 29.4. The van der Waals surface area contributed by atoms with Crippen LogP contribution in [-0.2, 0) is 6.18 Å². The molecule has 0 spiro atoms. The van der Waals surface area contributed by atoms with Crippen LogP contribution in [0.15, 0.2) is 72.8 Å². The molecule has 0 heterocycles. The first-order chi connectivity index (χ1) is 21.0. The fraction of sp³-hybridized carbons (Fsp3) is 0.441. The summed E-state index contributed by atoms with van der Waals surface area (Å²) < 4.78 is 45.8. The monoisotopic (exact) mass is 609 g/mol. The molecule has 4 aliphatic rings. The number of rotatable bonds is 10. The summed E-state index contributed by atoms with van der Waals surface area (Å²) in [7, 11) is 0. The maximum absolute atomic E-state index is 13.2. The van der Waals surface area contributed by atoms with Gasteiger partial charge in [-0.3, -0.25) is 0 Å². The standard InChI is InChI=1S/C34H38F3N3O4/c35-34(36,37)26-8-4-24(5-9-26)30(12-13-38-32(43)40-33-18-21-14-22(19-33)16-23(15-21)20-33)44-29-10-6-25(7-11-29)31(42)39-27-2-1-3-28(41)17-27/h1-11,17,21-23,30-31,39,41-42H,12-16,18-20H2,(H2,38,40,43). The number of carbonyl (C=O) groups excluding carboxylic acids is 1. The van der Waals surface area contributed by atoms with E-state index < -0.39 is 24.1 Å². The summed E-state index contributed by atoms with van der Waals surface area (Å²) in [6.45, 7) is 0.272. The van der Waals surface area contributed by atoms with Crippen LogP contribution in [0.4, 0.5) is 23.7 Å². The van der Waals surface area contributed by atoms with Gasteiger partial charge in [0.05, 0.1) is 5.56 Å². The van der Waals surface area contributed by atoms with Gasteiger partial charge in [-0.15, -0.1) is 0 Å². The summed E-state index contributed by atoms with van der Waals surface area (Å²) in [4.78, 5) is 13.0. The Balaban J connectivity index is 1.09. The van der Waals surface area contributed by atoms with E-state index in [1.807, 2.05) is 0 Å². The van der Waals surface area contributed by atoms with Crippen molar-refractivity contribution < 1.29 is 32.9 Å². The van der Waals surface area contributed by atoms with E-state index in [9.17, 15) is 28.2 Å². The smallest absolute Gasteiger partial charge is 0.416 e. The average molecular weight is 610 g/mol. The normalized spacial score (nSPS) is 25.2. The number of benzene rings is 3. The molecule has 4 saturated carbocycles. The van der Waals surface area contributed by atoms with E-state index in [1.165, 1.54) is 43.5 Å². The van der Waals surface area contributed by atoms with Crippen molar-refractivity contribution in [3.05, 3.63) is 89.5 Å². The van der Waals surface area contributed by atoms with Gasteiger partial charge < -0.3 is 30.9 Å². The molecule has 4 aliphatic carbocycles. The first kappa shape index (κ1) is 30.1. The van der Waals surface area contributed by atoms with Crippen molar-refractivity contribution in [2.45, 2.75) is 69.0 Å². The van der Waals surface area contributed by atoms with Crippen LogP contribution in [0.1, 0.15) is 74.0 Å². The zero-order valence-corrected chi connectivity index (χ0v) is 24.3. The van der Waals surface area contributed by atoms with Crippen molar-refractivity contribution in [1.29, 1.82) is 0 Å². The molecule has 234 valence electrons. The first-order valence-corrected chi connectivity index (χ1v) is 15.3. The number of phenols is 1. The third-order valence-electron chi connectivity index (χ3n) is 9.34. The minimum atomic E-state index is -4.45. The van der Waals surface area contributed by atoms with Crippen LogP contribution in [0, 0.1) is 17.8 Å². The minimum absolute atomic E-state index is 0.0694. The Morgan fingerprint density at radius 1 is 0.909 bits per heavy atom. The van der Waals surface area contributed by atoms with Gasteiger partial charge >= 0.3 is 12.2 Å². The molecule has 0 aliphatic heterocycles. The van der Waals surface area contributed by atoms with Gasteiger partial charge in [0, 0.05) is 35.8 Å². The van der Waals surface area contributed by atoms with Crippen molar-refractivity contribution in [3.8, 4) is 11.5 Å². The number of amides is 2. The van der Waals surface area contributed by atoms with E-state index in [1.54, 1.807) is 36.4 Å². The van der Waals surface area contributed by atoms with E-state index in [0.29, 0.717) is 46.7 Å². The Labute approximate surface area is 254 Å². The number of aromatic hydroxyl groups is 1. The zero-order chi connectivity index (χ0) is 30.9. The summed E-state index contributed by atoms with van der Waals surface area (Å²) in [6, 6.07) is 17.8.